The monoisotopic (exact) mass is 439 g/mol. The fraction of sp³-hybridized carbons (Fsp3) is 0.560. The van der Waals surface area contributed by atoms with Crippen molar-refractivity contribution in [2.24, 2.45) is 0 Å². The SMILES string of the molecule is CCc1nc(C2CC2)nc(N2CCN(C(=O)NC(C)(C)C)CC2)c1Cc1ccc(F)cc1. The van der Waals surface area contributed by atoms with E-state index >= 15 is 0 Å². The van der Waals surface area contributed by atoms with Crippen LogP contribution < -0.4 is 10.2 Å². The average Bonchev–Trinajstić information content (AvgIpc) is 3.60. The zero-order chi connectivity index (χ0) is 22.9. The van der Waals surface area contributed by atoms with Gasteiger partial charge in [-0.2, -0.15) is 0 Å². The van der Waals surface area contributed by atoms with Gasteiger partial charge in [0, 0.05) is 55.3 Å². The molecule has 1 aromatic heterocycles. The third-order valence-electron chi connectivity index (χ3n) is 6.01. The van der Waals surface area contributed by atoms with Crippen molar-refractivity contribution in [1.82, 2.24) is 20.2 Å². The number of anilines is 1. The number of aryl methyl sites for hydroxylation is 1. The molecule has 0 spiro atoms. The first-order valence-electron chi connectivity index (χ1n) is 11.7. The molecule has 32 heavy (non-hydrogen) atoms. The highest BCUT2D eigenvalue weighted by molar-refractivity contribution is 5.75. The number of piperazine rings is 1. The number of carbonyl (C=O) groups excluding carboxylic acids is 1. The second-order valence-electron chi connectivity index (χ2n) is 9.92. The summed E-state index contributed by atoms with van der Waals surface area (Å²) in [7, 11) is 0. The molecule has 172 valence electrons. The number of hydrogen-bond donors (Lipinski definition) is 1. The van der Waals surface area contributed by atoms with E-state index in [0.29, 0.717) is 25.4 Å². The van der Waals surface area contributed by atoms with E-state index < -0.39 is 0 Å². The Morgan fingerprint density at radius 1 is 1.09 bits per heavy atom. The minimum absolute atomic E-state index is 0.0145. The van der Waals surface area contributed by atoms with Crippen molar-refractivity contribution in [3.8, 4) is 0 Å². The molecule has 0 unspecified atom stereocenters. The average molecular weight is 440 g/mol. The highest BCUT2D eigenvalue weighted by Gasteiger charge is 2.31. The second kappa shape index (κ2) is 9.04. The summed E-state index contributed by atoms with van der Waals surface area (Å²) in [5.41, 5.74) is 3.00. The number of halogens is 1. The number of aromatic nitrogens is 2. The van der Waals surface area contributed by atoms with Gasteiger partial charge in [0.25, 0.3) is 0 Å². The van der Waals surface area contributed by atoms with E-state index in [1.54, 1.807) is 0 Å². The molecule has 2 aliphatic rings. The Bertz CT molecular complexity index is 958. The van der Waals surface area contributed by atoms with E-state index in [4.69, 9.17) is 9.97 Å². The van der Waals surface area contributed by atoms with Gasteiger partial charge in [-0.25, -0.2) is 19.2 Å². The number of benzene rings is 1. The minimum atomic E-state index is -0.252. The maximum atomic E-state index is 13.4. The lowest BCUT2D eigenvalue weighted by molar-refractivity contribution is 0.185. The topological polar surface area (TPSA) is 61.4 Å². The summed E-state index contributed by atoms with van der Waals surface area (Å²) in [6, 6.07) is 6.67. The zero-order valence-corrected chi connectivity index (χ0v) is 19.6. The van der Waals surface area contributed by atoms with Crippen LogP contribution in [0, 0.1) is 5.82 Å². The molecule has 4 rings (SSSR count). The van der Waals surface area contributed by atoms with Gasteiger partial charge < -0.3 is 15.1 Å². The largest absolute Gasteiger partial charge is 0.353 e. The first-order chi connectivity index (χ1) is 15.2. The summed E-state index contributed by atoms with van der Waals surface area (Å²) in [5.74, 6) is 2.18. The van der Waals surface area contributed by atoms with Crippen molar-refractivity contribution in [1.29, 1.82) is 0 Å². The first-order valence-corrected chi connectivity index (χ1v) is 11.7. The summed E-state index contributed by atoms with van der Waals surface area (Å²) < 4.78 is 13.4. The van der Waals surface area contributed by atoms with E-state index in [1.165, 1.54) is 12.1 Å². The number of rotatable bonds is 5. The molecule has 0 bridgehead atoms. The molecule has 1 aliphatic heterocycles. The zero-order valence-electron chi connectivity index (χ0n) is 19.6. The van der Waals surface area contributed by atoms with Crippen LogP contribution in [0.1, 0.15) is 69.1 Å². The number of nitrogens with one attached hydrogen (secondary N) is 1. The van der Waals surface area contributed by atoms with Gasteiger partial charge in [-0.3, -0.25) is 0 Å². The second-order valence-corrected chi connectivity index (χ2v) is 9.92. The normalized spacial score (nSPS) is 16.9. The minimum Gasteiger partial charge on any atom is -0.353 e. The summed E-state index contributed by atoms with van der Waals surface area (Å²) in [5, 5.41) is 3.05. The Labute approximate surface area is 190 Å². The Kier molecular flexibility index (Phi) is 6.35. The molecule has 0 radical (unpaired) electrons. The van der Waals surface area contributed by atoms with Crippen LogP contribution in [0.3, 0.4) is 0 Å². The van der Waals surface area contributed by atoms with Crippen LogP contribution in [0.2, 0.25) is 0 Å². The molecule has 1 saturated carbocycles. The van der Waals surface area contributed by atoms with Crippen LogP contribution >= 0.6 is 0 Å². The molecular weight excluding hydrogens is 405 g/mol. The van der Waals surface area contributed by atoms with E-state index in [-0.39, 0.29) is 17.4 Å². The summed E-state index contributed by atoms with van der Waals surface area (Å²) in [4.78, 5) is 26.7. The predicted octanol–water partition coefficient (Wildman–Crippen LogP) is 4.28. The summed E-state index contributed by atoms with van der Waals surface area (Å²) >= 11 is 0. The molecule has 0 atom stereocenters. The van der Waals surface area contributed by atoms with Crippen molar-refractivity contribution in [3.63, 3.8) is 0 Å². The molecule has 2 amide bonds. The van der Waals surface area contributed by atoms with Gasteiger partial charge in [0.05, 0.1) is 0 Å². The van der Waals surface area contributed by atoms with Crippen LogP contribution in [-0.2, 0) is 12.8 Å². The van der Waals surface area contributed by atoms with Gasteiger partial charge in [-0.15, -0.1) is 0 Å². The van der Waals surface area contributed by atoms with Crippen LogP contribution in [0.5, 0.6) is 0 Å². The molecule has 6 nitrogen and oxygen atoms in total. The number of carbonyl (C=O) groups is 1. The Morgan fingerprint density at radius 3 is 2.31 bits per heavy atom. The quantitative estimate of drug-likeness (QED) is 0.756. The fourth-order valence-corrected chi connectivity index (χ4v) is 4.12. The lowest BCUT2D eigenvalue weighted by Crippen LogP contribution is -2.55. The summed E-state index contributed by atoms with van der Waals surface area (Å²) in [6.45, 7) is 10.9. The molecule has 1 N–H and O–H groups in total. The van der Waals surface area contributed by atoms with E-state index in [1.807, 2.05) is 37.8 Å². The standard InChI is InChI=1S/C25H34FN5O/c1-5-21-20(16-17-6-10-19(26)11-7-17)23(28-22(27-21)18-8-9-18)30-12-14-31(15-13-30)24(32)29-25(2,3)4/h6-7,10-11,18H,5,8-9,12-16H2,1-4H3,(H,29,32). The van der Waals surface area contributed by atoms with E-state index in [0.717, 1.165) is 60.8 Å². The fourth-order valence-electron chi connectivity index (χ4n) is 4.12. The number of nitrogens with zero attached hydrogens (tertiary/aromatic N) is 4. The van der Waals surface area contributed by atoms with Gasteiger partial charge in [0.1, 0.15) is 17.5 Å². The van der Waals surface area contributed by atoms with Crippen molar-refractivity contribution in [2.45, 2.75) is 64.8 Å². The third-order valence-corrected chi connectivity index (χ3v) is 6.01. The third kappa shape index (κ3) is 5.37. The summed E-state index contributed by atoms with van der Waals surface area (Å²) in [6.07, 6.45) is 3.81. The van der Waals surface area contributed by atoms with Gasteiger partial charge in [-0.05, 0) is 57.7 Å². The van der Waals surface area contributed by atoms with Crippen LogP contribution in [0.15, 0.2) is 24.3 Å². The first kappa shape index (κ1) is 22.5. The molecule has 2 fully saturated rings. The van der Waals surface area contributed by atoms with E-state index in [2.05, 4.69) is 17.1 Å². The van der Waals surface area contributed by atoms with Crippen molar-refractivity contribution in [3.05, 3.63) is 52.7 Å². The molecule has 2 heterocycles. The van der Waals surface area contributed by atoms with Gasteiger partial charge >= 0.3 is 6.03 Å². The molecule has 1 aromatic carbocycles. The van der Waals surface area contributed by atoms with Gasteiger partial charge in [0.2, 0.25) is 0 Å². The van der Waals surface area contributed by atoms with Crippen LogP contribution in [0.4, 0.5) is 15.0 Å². The predicted molar refractivity (Wildman–Crippen MR) is 125 cm³/mol. The number of urea groups is 1. The Balaban J connectivity index is 1.58. The molecule has 2 aromatic rings. The van der Waals surface area contributed by atoms with Gasteiger partial charge in [0.15, 0.2) is 0 Å². The molecule has 1 aliphatic carbocycles. The van der Waals surface area contributed by atoms with Crippen molar-refractivity contribution >= 4 is 11.8 Å². The maximum Gasteiger partial charge on any atom is 0.317 e. The molecule has 7 heteroatoms. The molecule has 1 saturated heterocycles. The Hall–Kier alpha value is -2.70. The number of hydrogen-bond acceptors (Lipinski definition) is 4. The van der Waals surface area contributed by atoms with E-state index in [9.17, 15) is 9.18 Å². The van der Waals surface area contributed by atoms with Crippen molar-refractivity contribution in [2.75, 3.05) is 31.1 Å². The van der Waals surface area contributed by atoms with Crippen molar-refractivity contribution < 1.29 is 9.18 Å². The maximum absolute atomic E-state index is 13.4. The highest BCUT2D eigenvalue weighted by atomic mass is 19.1. The van der Waals surface area contributed by atoms with Crippen LogP contribution in [-0.4, -0.2) is 52.6 Å². The Morgan fingerprint density at radius 2 is 1.75 bits per heavy atom. The molecular formula is C25H34FN5O. The number of amides is 2. The lowest BCUT2D eigenvalue weighted by atomic mass is 10.0. The van der Waals surface area contributed by atoms with Crippen LogP contribution in [0.25, 0.3) is 0 Å². The smallest absolute Gasteiger partial charge is 0.317 e. The highest BCUT2D eigenvalue weighted by Crippen LogP contribution is 2.40. The van der Waals surface area contributed by atoms with Gasteiger partial charge in [-0.1, -0.05) is 19.1 Å². The lowest BCUT2D eigenvalue weighted by Gasteiger charge is -2.38.